The Labute approximate surface area is 170 Å². The van der Waals surface area contributed by atoms with Gasteiger partial charge in [0, 0.05) is 13.7 Å². The minimum absolute atomic E-state index is 0.0648. The Hall–Kier alpha value is -0.380. The van der Waals surface area contributed by atoms with E-state index in [-0.39, 0.29) is 11.9 Å². The van der Waals surface area contributed by atoms with E-state index in [2.05, 4.69) is 29.4 Å². The first-order valence-corrected chi connectivity index (χ1v) is 12.0. The molecule has 0 heterocycles. The van der Waals surface area contributed by atoms with Gasteiger partial charge in [-0.15, -0.1) is 8.67 Å². The molecule has 0 aliphatic heterocycles. The first-order valence-electron chi connectivity index (χ1n) is 8.59. The molecular formula is C15H40O11S2. The summed E-state index contributed by atoms with van der Waals surface area (Å²) >= 11 is 0. The van der Waals surface area contributed by atoms with Crippen LogP contribution in [0, 0.1) is 0 Å². The molecule has 0 spiro atoms. The van der Waals surface area contributed by atoms with Crippen LogP contribution in [0.15, 0.2) is 0 Å². The van der Waals surface area contributed by atoms with Crippen LogP contribution >= 0.6 is 0 Å². The summed E-state index contributed by atoms with van der Waals surface area (Å²) in [6.07, 6.45) is 3.97. The highest BCUT2D eigenvalue weighted by Crippen LogP contribution is 1.92. The lowest BCUT2D eigenvalue weighted by Gasteiger charge is -2.03. The van der Waals surface area contributed by atoms with Crippen LogP contribution < -0.4 is 0 Å². The maximum atomic E-state index is 9.90. The van der Waals surface area contributed by atoms with Crippen molar-refractivity contribution in [2.45, 2.75) is 73.0 Å². The fraction of sp³-hybridized carbons (Fsp3) is 1.00. The third-order valence-electron chi connectivity index (χ3n) is 2.20. The van der Waals surface area contributed by atoms with Crippen molar-refractivity contribution >= 4 is 20.2 Å². The largest absolute Gasteiger partial charge is 0.400 e. The summed E-state index contributed by atoms with van der Waals surface area (Å²) in [4.78, 5) is 0. The number of hydrogen-bond donors (Lipinski definition) is 4. The molecule has 0 bridgehead atoms. The van der Waals surface area contributed by atoms with Gasteiger partial charge in [0.25, 0.3) is 20.2 Å². The van der Waals surface area contributed by atoms with Crippen LogP contribution in [0.25, 0.3) is 0 Å². The van der Waals surface area contributed by atoms with Crippen LogP contribution in [-0.2, 0) is 33.6 Å². The molecule has 0 aromatic heterocycles. The number of hydrogen-bond acceptors (Lipinski definition) is 11. The summed E-state index contributed by atoms with van der Waals surface area (Å²) in [6.45, 7) is 12.4. The molecular weight excluding hydrogens is 420 g/mol. The molecule has 0 saturated carbocycles. The van der Waals surface area contributed by atoms with Crippen LogP contribution in [0.1, 0.15) is 60.8 Å². The third-order valence-corrected chi connectivity index (χ3v) is 3.41. The fourth-order valence-corrected chi connectivity index (χ4v) is 0.800. The van der Waals surface area contributed by atoms with Crippen molar-refractivity contribution < 1.29 is 51.0 Å². The summed E-state index contributed by atoms with van der Waals surface area (Å²) in [6, 6.07) is 0. The van der Waals surface area contributed by atoms with E-state index in [1.54, 1.807) is 0 Å². The van der Waals surface area contributed by atoms with Gasteiger partial charge in [0.15, 0.2) is 0 Å². The summed E-state index contributed by atoms with van der Waals surface area (Å²) < 4.78 is 50.0. The van der Waals surface area contributed by atoms with Crippen LogP contribution in [0.2, 0.25) is 0 Å². The van der Waals surface area contributed by atoms with Crippen molar-refractivity contribution in [1.82, 2.24) is 0 Å². The zero-order chi connectivity index (χ0) is 23.8. The lowest BCUT2D eigenvalue weighted by molar-refractivity contribution is -0.130. The quantitative estimate of drug-likeness (QED) is 0.307. The second-order valence-corrected chi connectivity index (χ2v) is 8.49. The van der Waals surface area contributed by atoms with Crippen LogP contribution in [0.5, 0.6) is 0 Å². The Kier molecular flexibility index (Phi) is 36.4. The van der Waals surface area contributed by atoms with Gasteiger partial charge in [0.2, 0.25) is 0 Å². The molecule has 0 aromatic rings. The molecule has 0 aromatic carbocycles. The van der Waals surface area contributed by atoms with E-state index >= 15 is 0 Å². The molecule has 0 unspecified atom stereocenters. The van der Waals surface area contributed by atoms with E-state index < -0.39 is 20.2 Å². The molecule has 28 heavy (non-hydrogen) atoms. The Morgan fingerprint density at radius 1 is 0.857 bits per heavy atom. The minimum Gasteiger partial charge on any atom is -0.400 e. The van der Waals surface area contributed by atoms with E-state index in [9.17, 15) is 16.8 Å². The molecule has 0 rings (SSSR count). The van der Waals surface area contributed by atoms with Crippen molar-refractivity contribution in [3.63, 3.8) is 0 Å². The SMILES string of the molecule is CCC(O)CC.CCCOC(C)C.CCS(=O)(=O)OO.CO.CS(=O)(=O)OO. The maximum absolute atomic E-state index is 9.90. The lowest BCUT2D eigenvalue weighted by Crippen LogP contribution is -2.03. The van der Waals surface area contributed by atoms with Gasteiger partial charge >= 0.3 is 0 Å². The average Bonchev–Trinajstić information content (AvgIpc) is 2.68. The van der Waals surface area contributed by atoms with Crippen molar-refractivity contribution in [1.29, 1.82) is 0 Å². The summed E-state index contributed by atoms with van der Waals surface area (Å²) in [5, 5.41) is 30.5. The molecule has 0 aliphatic rings. The van der Waals surface area contributed by atoms with Crippen molar-refractivity contribution in [2.75, 3.05) is 25.7 Å². The van der Waals surface area contributed by atoms with Gasteiger partial charge in [-0.25, -0.2) is 10.5 Å². The maximum Gasteiger partial charge on any atom is 0.293 e. The third kappa shape index (κ3) is 56.2. The van der Waals surface area contributed by atoms with Gasteiger partial charge in [-0.05, 0) is 40.0 Å². The second kappa shape index (κ2) is 26.6. The summed E-state index contributed by atoms with van der Waals surface area (Å²) in [5.41, 5.74) is 0. The fourth-order valence-electron chi connectivity index (χ4n) is 0.695. The van der Waals surface area contributed by atoms with Gasteiger partial charge in [0.1, 0.15) is 0 Å². The molecule has 0 radical (unpaired) electrons. The first-order chi connectivity index (χ1) is 12.8. The van der Waals surface area contributed by atoms with Gasteiger partial charge in [-0.1, -0.05) is 20.8 Å². The monoisotopic (exact) mass is 460 g/mol. The van der Waals surface area contributed by atoms with Crippen molar-refractivity contribution in [2.24, 2.45) is 0 Å². The van der Waals surface area contributed by atoms with Crippen LogP contribution in [-0.4, -0.2) is 75.5 Å². The molecule has 0 aliphatic carbocycles. The van der Waals surface area contributed by atoms with E-state index in [1.165, 1.54) is 6.92 Å². The molecule has 0 atom stereocenters. The van der Waals surface area contributed by atoms with Crippen molar-refractivity contribution in [3.8, 4) is 0 Å². The van der Waals surface area contributed by atoms with Gasteiger partial charge in [0.05, 0.1) is 24.2 Å². The molecule has 13 heteroatoms. The minimum atomic E-state index is -3.61. The second-order valence-electron chi connectivity index (χ2n) is 5.09. The van der Waals surface area contributed by atoms with E-state index in [4.69, 9.17) is 25.5 Å². The summed E-state index contributed by atoms with van der Waals surface area (Å²) in [5.74, 6) is -0.205. The van der Waals surface area contributed by atoms with Gasteiger partial charge in [-0.3, -0.25) is 0 Å². The van der Waals surface area contributed by atoms with E-state index in [0.717, 1.165) is 39.2 Å². The standard InChI is InChI=1S/C6H14O.C5H12O.C2H6O4S.CH4O4S.CH4O/c1-4-5-7-6(2)3;1-3-5(6)4-2;1-2-7(4,5)6-3;1-6(3,4)5-2;1-2/h6H,4-5H2,1-3H3;5-6H,3-4H2,1-2H3;3H,2H2,1H3;2H,1H3;2H,1H3. The number of rotatable bonds is 8. The first kappa shape index (κ1) is 38.3. The summed E-state index contributed by atoms with van der Waals surface area (Å²) in [7, 11) is -6.21. The highest BCUT2D eigenvalue weighted by Gasteiger charge is 2.02. The zero-order valence-corrected chi connectivity index (χ0v) is 19.8. The van der Waals surface area contributed by atoms with Gasteiger partial charge < -0.3 is 14.9 Å². The molecule has 0 fully saturated rings. The van der Waals surface area contributed by atoms with Crippen LogP contribution in [0.4, 0.5) is 0 Å². The molecule has 178 valence electrons. The Morgan fingerprint density at radius 2 is 1.21 bits per heavy atom. The topological polar surface area (TPSA) is 177 Å². The van der Waals surface area contributed by atoms with Crippen LogP contribution in [0.3, 0.4) is 0 Å². The number of ether oxygens (including phenoxy) is 1. The predicted octanol–water partition coefficient (Wildman–Crippen LogP) is 1.86. The van der Waals surface area contributed by atoms with Crippen molar-refractivity contribution in [3.05, 3.63) is 0 Å². The highest BCUT2D eigenvalue weighted by atomic mass is 32.2. The van der Waals surface area contributed by atoms with Gasteiger partial charge in [-0.2, -0.15) is 16.8 Å². The highest BCUT2D eigenvalue weighted by molar-refractivity contribution is 7.86. The van der Waals surface area contributed by atoms with E-state index in [1.807, 2.05) is 13.8 Å². The predicted molar refractivity (Wildman–Crippen MR) is 108 cm³/mol. The normalized spacial score (nSPS) is 10.4. The molecule has 11 nitrogen and oxygen atoms in total. The van der Waals surface area contributed by atoms with E-state index in [0.29, 0.717) is 6.10 Å². The lowest BCUT2D eigenvalue weighted by atomic mass is 10.2. The molecule has 0 amide bonds. The number of aliphatic hydroxyl groups is 2. The molecule has 0 saturated heterocycles. The Bertz CT molecular complexity index is 448. The average molecular weight is 461 g/mol. The zero-order valence-electron chi connectivity index (χ0n) is 18.2. The Morgan fingerprint density at radius 3 is 1.25 bits per heavy atom. The smallest absolute Gasteiger partial charge is 0.293 e. The molecule has 4 N–H and O–H groups in total. The number of aliphatic hydroxyl groups excluding tert-OH is 2. The Balaban J connectivity index is -0.0000000816.